The van der Waals surface area contributed by atoms with Crippen molar-refractivity contribution < 1.29 is 14.3 Å². The minimum absolute atomic E-state index is 0.0249. The van der Waals surface area contributed by atoms with Gasteiger partial charge in [0, 0.05) is 13.5 Å². The van der Waals surface area contributed by atoms with Crippen LogP contribution in [0.15, 0.2) is 24.3 Å². The SMILES string of the molecule is CC(=O)N1CCOC[C@H]1C(=O)N[C@@H]1CCCCc2ccccc21. The molecule has 124 valence electrons. The van der Waals surface area contributed by atoms with Crippen molar-refractivity contribution in [2.75, 3.05) is 19.8 Å². The van der Waals surface area contributed by atoms with Crippen LogP contribution in [0.5, 0.6) is 0 Å². The normalized spacial score (nSPS) is 24.5. The maximum absolute atomic E-state index is 12.7. The number of ether oxygens (including phenoxy) is 1. The Hall–Kier alpha value is -1.88. The van der Waals surface area contributed by atoms with Crippen molar-refractivity contribution in [1.29, 1.82) is 0 Å². The molecular formula is C18H24N2O3. The van der Waals surface area contributed by atoms with Crippen LogP contribution in [0, 0.1) is 0 Å². The van der Waals surface area contributed by atoms with Gasteiger partial charge in [0.15, 0.2) is 0 Å². The fraction of sp³-hybridized carbons (Fsp3) is 0.556. The molecule has 1 aliphatic carbocycles. The molecule has 5 heteroatoms. The van der Waals surface area contributed by atoms with Gasteiger partial charge in [-0.3, -0.25) is 9.59 Å². The topological polar surface area (TPSA) is 58.6 Å². The number of hydrogen-bond acceptors (Lipinski definition) is 3. The third kappa shape index (κ3) is 3.55. The lowest BCUT2D eigenvalue weighted by atomic mass is 9.98. The summed E-state index contributed by atoms with van der Waals surface area (Å²) in [7, 11) is 0. The fourth-order valence-corrected chi connectivity index (χ4v) is 3.54. The molecule has 1 fully saturated rings. The fourth-order valence-electron chi connectivity index (χ4n) is 3.54. The van der Waals surface area contributed by atoms with E-state index in [-0.39, 0.29) is 24.5 Å². The number of nitrogens with zero attached hydrogens (tertiary/aromatic N) is 1. The molecule has 5 nitrogen and oxygen atoms in total. The summed E-state index contributed by atoms with van der Waals surface area (Å²) in [6.07, 6.45) is 4.25. The molecule has 1 aromatic carbocycles. The Labute approximate surface area is 137 Å². The van der Waals surface area contributed by atoms with E-state index in [1.54, 1.807) is 4.90 Å². The highest BCUT2D eigenvalue weighted by Gasteiger charge is 2.32. The third-order valence-corrected chi connectivity index (χ3v) is 4.77. The largest absolute Gasteiger partial charge is 0.377 e. The molecule has 1 N–H and O–H groups in total. The van der Waals surface area contributed by atoms with E-state index in [4.69, 9.17) is 4.74 Å². The van der Waals surface area contributed by atoms with Gasteiger partial charge < -0.3 is 15.0 Å². The number of amides is 2. The molecule has 2 atom stereocenters. The molecule has 0 saturated carbocycles. The van der Waals surface area contributed by atoms with Crippen LogP contribution in [0.25, 0.3) is 0 Å². The summed E-state index contributed by atoms with van der Waals surface area (Å²) in [6, 6.07) is 7.83. The third-order valence-electron chi connectivity index (χ3n) is 4.77. The molecule has 0 bridgehead atoms. The standard InChI is InChI=1S/C18H24N2O3/c1-13(21)20-10-11-23-12-17(20)18(22)19-16-9-5-3-7-14-6-2-4-8-15(14)16/h2,4,6,8,16-17H,3,5,7,9-12H2,1H3,(H,19,22)/t16-,17+/m1/s1. The van der Waals surface area contributed by atoms with Gasteiger partial charge in [0.05, 0.1) is 19.3 Å². The summed E-state index contributed by atoms with van der Waals surface area (Å²) in [5.41, 5.74) is 2.53. The van der Waals surface area contributed by atoms with Gasteiger partial charge in [-0.2, -0.15) is 0 Å². The van der Waals surface area contributed by atoms with Gasteiger partial charge in [0.2, 0.25) is 11.8 Å². The first kappa shape index (κ1) is 16.0. The first-order chi connectivity index (χ1) is 11.2. The van der Waals surface area contributed by atoms with E-state index in [1.807, 2.05) is 6.07 Å². The van der Waals surface area contributed by atoms with Crippen LogP contribution >= 0.6 is 0 Å². The Balaban J connectivity index is 1.75. The number of fused-ring (bicyclic) bond motifs is 1. The smallest absolute Gasteiger partial charge is 0.245 e. The lowest BCUT2D eigenvalue weighted by molar-refractivity contribution is -0.147. The molecule has 2 aliphatic rings. The summed E-state index contributed by atoms with van der Waals surface area (Å²) >= 11 is 0. The van der Waals surface area contributed by atoms with Crippen LogP contribution in [0.3, 0.4) is 0 Å². The molecule has 1 aromatic rings. The zero-order chi connectivity index (χ0) is 16.2. The van der Waals surface area contributed by atoms with Gasteiger partial charge in [-0.15, -0.1) is 0 Å². The second-order valence-corrected chi connectivity index (χ2v) is 6.31. The van der Waals surface area contributed by atoms with Crippen molar-refractivity contribution >= 4 is 11.8 Å². The summed E-state index contributed by atoms with van der Waals surface area (Å²) in [5, 5.41) is 3.16. The predicted octanol–water partition coefficient (Wildman–Crippen LogP) is 1.82. The molecule has 0 spiro atoms. The van der Waals surface area contributed by atoms with Crippen LogP contribution in [-0.2, 0) is 20.7 Å². The van der Waals surface area contributed by atoms with E-state index in [1.165, 1.54) is 18.1 Å². The van der Waals surface area contributed by atoms with E-state index in [0.29, 0.717) is 13.2 Å². The first-order valence-corrected chi connectivity index (χ1v) is 8.40. The average molecular weight is 316 g/mol. The van der Waals surface area contributed by atoms with Crippen molar-refractivity contribution in [2.45, 2.75) is 44.7 Å². The number of benzene rings is 1. The summed E-state index contributed by atoms with van der Waals surface area (Å²) in [5.74, 6) is -0.184. The van der Waals surface area contributed by atoms with Crippen molar-refractivity contribution in [3.8, 4) is 0 Å². The molecule has 2 amide bonds. The molecule has 3 rings (SSSR count). The van der Waals surface area contributed by atoms with Gasteiger partial charge in [0.1, 0.15) is 6.04 Å². The van der Waals surface area contributed by atoms with Gasteiger partial charge in [-0.05, 0) is 30.4 Å². The maximum Gasteiger partial charge on any atom is 0.245 e. The van der Waals surface area contributed by atoms with Crippen molar-refractivity contribution in [3.05, 3.63) is 35.4 Å². The monoisotopic (exact) mass is 316 g/mol. The molecule has 1 heterocycles. The van der Waals surface area contributed by atoms with E-state index >= 15 is 0 Å². The number of aryl methyl sites for hydroxylation is 1. The highest BCUT2D eigenvalue weighted by Crippen LogP contribution is 2.28. The van der Waals surface area contributed by atoms with Gasteiger partial charge in [-0.1, -0.05) is 30.7 Å². The molecule has 23 heavy (non-hydrogen) atoms. The Kier molecular flexibility index (Phi) is 4.96. The summed E-state index contributed by atoms with van der Waals surface area (Å²) in [4.78, 5) is 26.1. The van der Waals surface area contributed by atoms with Crippen molar-refractivity contribution in [2.24, 2.45) is 0 Å². The van der Waals surface area contributed by atoms with Gasteiger partial charge in [-0.25, -0.2) is 0 Å². The zero-order valence-electron chi connectivity index (χ0n) is 13.6. The van der Waals surface area contributed by atoms with Crippen LogP contribution in [0.2, 0.25) is 0 Å². The van der Waals surface area contributed by atoms with E-state index < -0.39 is 6.04 Å². The van der Waals surface area contributed by atoms with Crippen LogP contribution in [0.4, 0.5) is 0 Å². The number of nitrogens with one attached hydrogen (secondary N) is 1. The Morgan fingerprint density at radius 2 is 2.09 bits per heavy atom. The molecular weight excluding hydrogens is 292 g/mol. The quantitative estimate of drug-likeness (QED) is 0.847. The number of carbonyl (C=O) groups is 2. The predicted molar refractivity (Wildman–Crippen MR) is 86.9 cm³/mol. The average Bonchev–Trinajstić information content (AvgIpc) is 2.77. The number of rotatable bonds is 2. The number of morpholine rings is 1. The van der Waals surface area contributed by atoms with Gasteiger partial charge in [0.25, 0.3) is 0 Å². The molecule has 1 saturated heterocycles. The molecule has 1 aliphatic heterocycles. The molecule has 0 radical (unpaired) electrons. The van der Waals surface area contributed by atoms with E-state index in [2.05, 4.69) is 23.5 Å². The zero-order valence-corrected chi connectivity index (χ0v) is 13.6. The Morgan fingerprint density at radius 3 is 2.91 bits per heavy atom. The minimum atomic E-state index is -0.517. The lowest BCUT2D eigenvalue weighted by Crippen LogP contribution is -2.55. The molecule has 0 aromatic heterocycles. The van der Waals surface area contributed by atoms with Crippen LogP contribution in [-0.4, -0.2) is 42.5 Å². The van der Waals surface area contributed by atoms with Crippen LogP contribution in [0.1, 0.15) is 43.4 Å². The Bertz CT molecular complexity index is 587. The summed E-state index contributed by atoms with van der Waals surface area (Å²) < 4.78 is 5.41. The van der Waals surface area contributed by atoms with Gasteiger partial charge >= 0.3 is 0 Å². The Morgan fingerprint density at radius 1 is 1.26 bits per heavy atom. The molecule has 0 unspecified atom stereocenters. The number of carbonyl (C=O) groups excluding carboxylic acids is 2. The first-order valence-electron chi connectivity index (χ1n) is 8.40. The second-order valence-electron chi connectivity index (χ2n) is 6.31. The number of hydrogen-bond donors (Lipinski definition) is 1. The summed E-state index contributed by atoms with van der Waals surface area (Å²) in [6.45, 7) is 2.76. The highest BCUT2D eigenvalue weighted by molar-refractivity contribution is 5.87. The van der Waals surface area contributed by atoms with Crippen LogP contribution < -0.4 is 5.32 Å². The second kappa shape index (κ2) is 7.13. The van der Waals surface area contributed by atoms with E-state index in [0.717, 1.165) is 25.7 Å². The lowest BCUT2D eigenvalue weighted by Gasteiger charge is -2.34. The van der Waals surface area contributed by atoms with Crippen molar-refractivity contribution in [3.63, 3.8) is 0 Å². The maximum atomic E-state index is 12.7. The van der Waals surface area contributed by atoms with Crippen molar-refractivity contribution in [1.82, 2.24) is 10.2 Å². The minimum Gasteiger partial charge on any atom is -0.377 e. The van der Waals surface area contributed by atoms with E-state index in [9.17, 15) is 9.59 Å². The highest BCUT2D eigenvalue weighted by atomic mass is 16.5.